The van der Waals surface area contributed by atoms with Gasteiger partial charge in [-0.3, -0.25) is 4.79 Å². The Labute approximate surface area is 84.4 Å². The average molecular weight is 195 g/mol. The molecule has 0 aromatic rings. The summed E-state index contributed by atoms with van der Waals surface area (Å²) in [5.74, 6) is 0.580. The molecule has 0 unspecified atom stereocenters. The predicted molar refractivity (Wildman–Crippen MR) is 51.6 cm³/mol. The van der Waals surface area contributed by atoms with E-state index in [0.717, 1.165) is 13.0 Å². The Kier molecular flexibility index (Phi) is 2.01. The van der Waals surface area contributed by atoms with E-state index in [1.807, 2.05) is 4.90 Å². The third-order valence-electron chi connectivity index (χ3n) is 3.88. The summed E-state index contributed by atoms with van der Waals surface area (Å²) in [5.41, 5.74) is 0. The van der Waals surface area contributed by atoms with Crippen molar-refractivity contribution in [1.29, 1.82) is 0 Å². The predicted octanol–water partition coefficient (Wildman–Crippen LogP) is 1.52. The molecule has 2 aliphatic heterocycles. The quantitative estimate of drug-likeness (QED) is 0.594. The van der Waals surface area contributed by atoms with E-state index in [2.05, 4.69) is 0 Å². The van der Waals surface area contributed by atoms with Gasteiger partial charge in [-0.2, -0.15) is 0 Å². The van der Waals surface area contributed by atoms with Gasteiger partial charge in [0.15, 0.2) is 0 Å². The van der Waals surface area contributed by atoms with Gasteiger partial charge in [-0.05, 0) is 19.3 Å². The lowest BCUT2D eigenvalue weighted by Gasteiger charge is -2.48. The molecule has 2 saturated heterocycles. The first-order valence-electron chi connectivity index (χ1n) is 5.82. The summed E-state index contributed by atoms with van der Waals surface area (Å²) in [6.45, 7) is 0.782. The molecular weight excluding hydrogens is 178 g/mol. The number of carbonyl (C=O) groups is 1. The number of amides is 1. The van der Waals surface area contributed by atoms with Crippen molar-refractivity contribution >= 4 is 5.91 Å². The highest BCUT2D eigenvalue weighted by Crippen LogP contribution is 2.40. The van der Waals surface area contributed by atoms with Gasteiger partial charge in [0.2, 0.25) is 5.91 Å². The van der Waals surface area contributed by atoms with Crippen LogP contribution in [0.2, 0.25) is 0 Å². The molecule has 0 aromatic heterocycles. The van der Waals surface area contributed by atoms with Gasteiger partial charge in [0.05, 0.1) is 12.5 Å². The van der Waals surface area contributed by atoms with E-state index in [-0.39, 0.29) is 12.1 Å². The third-order valence-corrected chi connectivity index (χ3v) is 3.88. The molecule has 3 fully saturated rings. The van der Waals surface area contributed by atoms with Crippen LogP contribution in [0.3, 0.4) is 0 Å². The maximum absolute atomic E-state index is 11.8. The van der Waals surface area contributed by atoms with E-state index < -0.39 is 0 Å². The maximum Gasteiger partial charge on any atom is 0.232 e. The molecule has 2 heterocycles. The number of carbonyl (C=O) groups excluding carboxylic acids is 1. The highest BCUT2D eigenvalue weighted by atomic mass is 16.5. The lowest BCUT2D eigenvalue weighted by molar-refractivity contribution is -0.183. The van der Waals surface area contributed by atoms with Crippen LogP contribution in [0.15, 0.2) is 0 Å². The summed E-state index contributed by atoms with van der Waals surface area (Å²) in [6.07, 6.45) is 7.40. The Balaban J connectivity index is 1.69. The molecule has 1 saturated carbocycles. The second kappa shape index (κ2) is 3.23. The molecule has 1 amide bonds. The smallest absolute Gasteiger partial charge is 0.232 e. The van der Waals surface area contributed by atoms with Crippen molar-refractivity contribution in [3.05, 3.63) is 0 Å². The van der Waals surface area contributed by atoms with Crippen LogP contribution in [0.25, 0.3) is 0 Å². The zero-order valence-electron chi connectivity index (χ0n) is 8.45. The first kappa shape index (κ1) is 8.72. The summed E-state index contributed by atoms with van der Waals surface area (Å²) in [5, 5.41) is 0. The van der Waals surface area contributed by atoms with Crippen molar-refractivity contribution in [3.8, 4) is 0 Å². The summed E-state index contributed by atoms with van der Waals surface area (Å²) in [6, 6.07) is 0.496. The third kappa shape index (κ3) is 1.11. The van der Waals surface area contributed by atoms with Crippen molar-refractivity contribution in [2.45, 2.75) is 50.8 Å². The Morgan fingerprint density at radius 2 is 1.93 bits per heavy atom. The highest BCUT2D eigenvalue weighted by molar-refractivity contribution is 5.86. The van der Waals surface area contributed by atoms with E-state index in [1.165, 1.54) is 32.1 Å². The molecule has 3 nitrogen and oxygen atoms in total. The minimum Gasteiger partial charge on any atom is -0.357 e. The number of hydrogen-bond donors (Lipinski definition) is 0. The van der Waals surface area contributed by atoms with E-state index in [1.54, 1.807) is 0 Å². The Bertz CT molecular complexity index is 248. The minimum absolute atomic E-state index is 0.158. The summed E-state index contributed by atoms with van der Waals surface area (Å²) in [7, 11) is 0. The lowest BCUT2D eigenvalue weighted by atomic mass is 9.87. The van der Waals surface area contributed by atoms with E-state index in [4.69, 9.17) is 4.74 Å². The van der Waals surface area contributed by atoms with Crippen molar-refractivity contribution in [2.75, 3.05) is 6.61 Å². The van der Waals surface area contributed by atoms with Crippen molar-refractivity contribution < 1.29 is 9.53 Å². The molecule has 3 rings (SSSR count). The highest BCUT2D eigenvalue weighted by Gasteiger charge is 2.53. The number of ether oxygens (including phenoxy) is 1. The fourth-order valence-corrected chi connectivity index (χ4v) is 3.08. The minimum atomic E-state index is 0.158. The van der Waals surface area contributed by atoms with Gasteiger partial charge >= 0.3 is 0 Å². The maximum atomic E-state index is 11.8. The Morgan fingerprint density at radius 1 is 1.14 bits per heavy atom. The normalized spacial score (nSPS) is 38.3. The first-order valence-corrected chi connectivity index (χ1v) is 5.82. The molecule has 78 valence electrons. The van der Waals surface area contributed by atoms with Gasteiger partial charge in [0.1, 0.15) is 6.23 Å². The molecule has 0 radical (unpaired) electrons. The zero-order valence-corrected chi connectivity index (χ0v) is 8.45. The van der Waals surface area contributed by atoms with Gasteiger partial charge < -0.3 is 9.64 Å². The molecule has 0 aromatic carbocycles. The van der Waals surface area contributed by atoms with Crippen LogP contribution in [0.5, 0.6) is 0 Å². The molecule has 3 aliphatic rings. The largest absolute Gasteiger partial charge is 0.357 e. The van der Waals surface area contributed by atoms with E-state index in [0.29, 0.717) is 11.9 Å². The molecule has 14 heavy (non-hydrogen) atoms. The van der Waals surface area contributed by atoms with Crippen molar-refractivity contribution in [2.24, 2.45) is 5.92 Å². The average Bonchev–Trinajstić information content (AvgIpc) is 2.63. The second-order valence-corrected chi connectivity index (χ2v) is 4.69. The molecule has 0 bridgehead atoms. The summed E-state index contributed by atoms with van der Waals surface area (Å²) >= 11 is 0. The zero-order chi connectivity index (χ0) is 9.54. The summed E-state index contributed by atoms with van der Waals surface area (Å²) in [4.78, 5) is 13.8. The Hall–Kier alpha value is -0.570. The molecule has 3 heteroatoms. The monoisotopic (exact) mass is 195 g/mol. The molecular formula is C11H17NO2. The molecule has 0 spiro atoms. The van der Waals surface area contributed by atoms with Crippen LogP contribution in [-0.2, 0) is 9.53 Å². The number of likely N-dealkylation sites (tertiary alicyclic amines) is 1. The lowest BCUT2D eigenvalue weighted by Crippen LogP contribution is -2.63. The second-order valence-electron chi connectivity index (χ2n) is 4.69. The fourth-order valence-electron chi connectivity index (χ4n) is 3.08. The molecule has 2 atom stereocenters. The van der Waals surface area contributed by atoms with Crippen molar-refractivity contribution in [3.63, 3.8) is 0 Å². The van der Waals surface area contributed by atoms with Gasteiger partial charge in [0.25, 0.3) is 0 Å². The van der Waals surface area contributed by atoms with Crippen LogP contribution in [0, 0.1) is 5.92 Å². The topological polar surface area (TPSA) is 29.5 Å². The van der Waals surface area contributed by atoms with Gasteiger partial charge in [-0.25, -0.2) is 0 Å². The van der Waals surface area contributed by atoms with Gasteiger partial charge in [0, 0.05) is 6.04 Å². The number of hydrogen-bond acceptors (Lipinski definition) is 2. The number of nitrogens with zero attached hydrogens (tertiary/aromatic N) is 1. The first-order chi connectivity index (χ1) is 6.88. The molecule has 1 aliphatic carbocycles. The standard InChI is InChI=1S/C11H17NO2/c13-10-9-6-7-14-11(9)12(10)8-4-2-1-3-5-8/h8-9,11H,1-7H2/t9-,11-/m0/s1. The van der Waals surface area contributed by atoms with Gasteiger partial charge in [-0.15, -0.1) is 0 Å². The van der Waals surface area contributed by atoms with Crippen LogP contribution < -0.4 is 0 Å². The van der Waals surface area contributed by atoms with Crippen LogP contribution in [-0.4, -0.2) is 29.7 Å². The van der Waals surface area contributed by atoms with Gasteiger partial charge in [-0.1, -0.05) is 19.3 Å². The Morgan fingerprint density at radius 3 is 2.71 bits per heavy atom. The van der Waals surface area contributed by atoms with Crippen LogP contribution in [0.4, 0.5) is 0 Å². The van der Waals surface area contributed by atoms with Crippen LogP contribution >= 0.6 is 0 Å². The van der Waals surface area contributed by atoms with Crippen molar-refractivity contribution in [1.82, 2.24) is 4.90 Å². The van der Waals surface area contributed by atoms with E-state index >= 15 is 0 Å². The SMILES string of the molecule is O=C1[C@@H]2CCO[C@@H]2N1C1CCCCC1. The number of β-lactam (4-membered cyclic amide) rings is 1. The molecule has 0 N–H and O–H groups in total. The van der Waals surface area contributed by atoms with Crippen LogP contribution in [0.1, 0.15) is 38.5 Å². The fraction of sp³-hybridized carbons (Fsp3) is 0.909. The number of fused-ring (bicyclic) bond motifs is 1. The van der Waals surface area contributed by atoms with E-state index in [9.17, 15) is 4.79 Å². The summed E-state index contributed by atoms with van der Waals surface area (Å²) < 4.78 is 5.59. The number of rotatable bonds is 1.